The lowest BCUT2D eigenvalue weighted by Crippen LogP contribution is -2.39. The fraction of sp³-hybridized carbons (Fsp3) is 0.552. The molecule has 0 aromatic heterocycles. The van der Waals surface area contributed by atoms with Crippen molar-refractivity contribution in [2.75, 3.05) is 33.2 Å². The largest absolute Gasteiger partial charge is 0.465 e. The summed E-state index contributed by atoms with van der Waals surface area (Å²) in [7, 11) is 1.68. The minimum Gasteiger partial charge on any atom is -0.465 e. The van der Waals surface area contributed by atoms with E-state index in [9.17, 15) is 19.5 Å². The van der Waals surface area contributed by atoms with E-state index in [2.05, 4.69) is 17.1 Å². The lowest BCUT2D eigenvalue weighted by atomic mass is 9.70. The Kier molecular flexibility index (Phi) is 7.28. The standard InChI is InChI=1S/C29H37N3O4/c1-30(29(35)36)19-20-9-8-12-22-21(20)13-14-26-23(22)15-18-31(26)16-6-2-3-7-17-32-27(33)24-10-4-5-11-25(24)28(32)34/h4-5,8,10-12,20-21,26H,2-3,6-7,9,13-19H2,1H3,(H,35,36). The molecule has 2 aliphatic carbocycles. The van der Waals surface area contributed by atoms with Crippen LogP contribution < -0.4 is 0 Å². The van der Waals surface area contributed by atoms with Crippen LogP contribution in [0.5, 0.6) is 0 Å². The molecule has 3 unspecified atom stereocenters. The third-order valence-corrected chi connectivity index (χ3v) is 8.63. The van der Waals surface area contributed by atoms with Gasteiger partial charge in [0.15, 0.2) is 0 Å². The maximum absolute atomic E-state index is 12.5. The van der Waals surface area contributed by atoms with Gasteiger partial charge in [-0.25, -0.2) is 4.79 Å². The lowest BCUT2D eigenvalue weighted by molar-refractivity contribution is 0.0651. The van der Waals surface area contributed by atoms with E-state index in [0.29, 0.717) is 42.1 Å². The summed E-state index contributed by atoms with van der Waals surface area (Å²) in [5, 5.41) is 9.30. The smallest absolute Gasteiger partial charge is 0.407 e. The Morgan fingerprint density at radius 2 is 1.72 bits per heavy atom. The minimum atomic E-state index is -0.844. The van der Waals surface area contributed by atoms with Crippen LogP contribution in [0.25, 0.3) is 0 Å². The minimum absolute atomic E-state index is 0.155. The van der Waals surface area contributed by atoms with Crippen molar-refractivity contribution >= 4 is 17.9 Å². The predicted molar refractivity (Wildman–Crippen MR) is 138 cm³/mol. The maximum atomic E-state index is 12.5. The SMILES string of the molecule is CN(CC1CC=CC2=C3CCN(CCCCCCN4C(=O)c5ccccc5C4=O)C3CCC21)C(=O)O. The number of fused-ring (bicyclic) bond motifs is 3. The van der Waals surface area contributed by atoms with Gasteiger partial charge in [-0.1, -0.05) is 37.1 Å². The molecule has 5 rings (SSSR count). The molecule has 1 aromatic rings. The summed E-state index contributed by atoms with van der Waals surface area (Å²) in [6.07, 6.45) is 12.2. The Morgan fingerprint density at radius 3 is 2.42 bits per heavy atom. The molecule has 1 N–H and O–H groups in total. The molecule has 1 fully saturated rings. The molecule has 0 spiro atoms. The third-order valence-electron chi connectivity index (χ3n) is 8.63. The number of nitrogens with zero attached hydrogens (tertiary/aromatic N) is 3. The number of unbranched alkanes of at least 4 members (excludes halogenated alkanes) is 3. The topological polar surface area (TPSA) is 81.2 Å². The summed E-state index contributed by atoms with van der Waals surface area (Å²) in [5.41, 5.74) is 4.15. The zero-order valence-electron chi connectivity index (χ0n) is 21.2. The van der Waals surface area contributed by atoms with Gasteiger partial charge in [-0.2, -0.15) is 0 Å². The Labute approximate surface area is 213 Å². The molecule has 4 aliphatic rings. The average Bonchev–Trinajstić information content (AvgIpc) is 3.40. The maximum Gasteiger partial charge on any atom is 0.407 e. The van der Waals surface area contributed by atoms with Crippen molar-refractivity contribution < 1.29 is 19.5 Å². The summed E-state index contributed by atoms with van der Waals surface area (Å²) < 4.78 is 0. The molecule has 3 atom stereocenters. The van der Waals surface area contributed by atoms with Crippen LogP contribution in [0, 0.1) is 11.8 Å². The number of rotatable bonds is 9. The summed E-state index contributed by atoms with van der Waals surface area (Å²) in [6.45, 7) is 3.31. The van der Waals surface area contributed by atoms with Gasteiger partial charge in [-0.15, -0.1) is 0 Å². The van der Waals surface area contributed by atoms with Crippen LogP contribution in [0.2, 0.25) is 0 Å². The second-order valence-electron chi connectivity index (χ2n) is 10.7. The van der Waals surface area contributed by atoms with Crippen molar-refractivity contribution in [3.05, 3.63) is 58.7 Å². The van der Waals surface area contributed by atoms with E-state index >= 15 is 0 Å². The molecule has 1 saturated heterocycles. The molecule has 1 aromatic carbocycles. The zero-order chi connectivity index (χ0) is 25.2. The highest BCUT2D eigenvalue weighted by Crippen LogP contribution is 2.45. The van der Waals surface area contributed by atoms with Gasteiger partial charge in [0.05, 0.1) is 11.1 Å². The van der Waals surface area contributed by atoms with E-state index in [1.807, 2.05) is 0 Å². The van der Waals surface area contributed by atoms with Crippen molar-refractivity contribution in [1.29, 1.82) is 0 Å². The first-order valence-electron chi connectivity index (χ1n) is 13.5. The monoisotopic (exact) mass is 491 g/mol. The van der Waals surface area contributed by atoms with Crippen molar-refractivity contribution in [1.82, 2.24) is 14.7 Å². The fourth-order valence-corrected chi connectivity index (χ4v) is 6.77. The van der Waals surface area contributed by atoms with Gasteiger partial charge in [0.25, 0.3) is 11.8 Å². The van der Waals surface area contributed by atoms with Gasteiger partial charge < -0.3 is 10.0 Å². The highest BCUT2D eigenvalue weighted by Gasteiger charge is 2.40. The van der Waals surface area contributed by atoms with Crippen LogP contribution in [-0.4, -0.2) is 77.0 Å². The first-order valence-corrected chi connectivity index (χ1v) is 13.5. The van der Waals surface area contributed by atoms with E-state index in [1.165, 1.54) is 21.8 Å². The predicted octanol–water partition coefficient (Wildman–Crippen LogP) is 4.81. The molecule has 7 nitrogen and oxygen atoms in total. The normalized spacial score (nSPS) is 25.2. The molecular formula is C29H37N3O4. The number of benzene rings is 1. The second-order valence-corrected chi connectivity index (χ2v) is 10.7. The van der Waals surface area contributed by atoms with Gasteiger partial charge in [0.2, 0.25) is 0 Å². The Morgan fingerprint density at radius 1 is 1.03 bits per heavy atom. The molecule has 3 amide bonds. The number of amides is 3. The number of likely N-dealkylation sites (tertiary alicyclic amines) is 1. The molecule has 2 heterocycles. The molecule has 0 saturated carbocycles. The lowest BCUT2D eigenvalue weighted by Gasteiger charge is -2.40. The Balaban J connectivity index is 1.07. The van der Waals surface area contributed by atoms with E-state index in [0.717, 1.165) is 58.0 Å². The highest BCUT2D eigenvalue weighted by molar-refractivity contribution is 6.21. The molecule has 0 bridgehead atoms. The van der Waals surface area contributed by atoms with Gasteiger partial charge >= 0.3 is 6.09 Å². The van der Waals surface area contributed by atoms with Gasteiger partial charge in [0, 0.05) is 32.7 Å². The van der Waals surface area contributed by atoms with Crippen LogP contribution >= 0.6 is 0 Å². The van der Waals surface area contributed by atoms with Crippen molar-refractivity contribution in [2.45, 2.75) is 57.4 Å². The molecule has 36 heavy (non-hydrogen) atoms. The van der Waals surface area contributed by atoms with E-state index in [4.69, 9.17) is 0 Å². The summed E-state index contributed by atoms with van der Waals surface area (Å²) in [4.78, 5) is 41.8. The van der Waals surface area contributed by atoms with Gasteiger partial charge in [-0.3, -0.25) is 19.4 Å². The molecule has 2 aliphatic heterocycles. The average molecular weight is 492 g/mol. The number of carboxylic acid groups (broad SMARTS) is 1. The summed E-state index contributed by atoms with van der Waals surface area (Å²) in [6, 6.07) is 7.62. The number of imide groups is 1. The third kappa shape index (κ3) is 4.73. The summed E-state index contributed by atoms with van der Waals surface area (Å²) in [5.74, 6) is 0.566. The Bertz CT molecular complexity index is 1060. The number of carbonyl (C=O) groups is 3. The van der Waals surface area contributed by atoms with E-state index < -0.39 is 6.09 Å². The molecule has 7 heteroatoms. The second kappa shape index (κ2) is 10.6. The van der Waals surface area contributed by atoms with Crippen LogP contribution in [0.1, 0.15) is 72.1 Å². The number of allylic oxidation sites excluding steroid dienone is 3. The molecule has 0 radical (unpaired) electrons. The van der Waals surface area contributed by atoms with Crippen LogP contribution in [0.3, 0.4) is 0 Å². The van der Waals surface area contributed by atoms with Crippen molar-refractivity contribution in [3.8, 4) is 0 Å². The molecular weight excluding hydrogens is 454 g/mol. The van der Waals surface area contributed by atoms with Gasteiger partial charge in [0.1, 0.15) is 0 Å². The van der Waals surface area contributed by atoms with Crippen molar-refractivity contribution in [3.63, 3.8) is 0 Å². The summed E-state index contributed by atoms with van der Waals surface area (Å²) >= 11 is 0. The van der Waals surface area contributed by atoms with Crippen LogP contribution in [0.15, 0.2) is 47.6 Å². The zero-order valence-corrected chi connectivity index (χ0v) is 21.2. The first-order chi connectivity index (χ1) is 17.5. The van der Waals surface area contributed by atoms with Gasteiger partial charge in [-0.05, 0) is 80.2 Å². The fourth-order valence-electron chi connectivity index (χ4n) is 6.77. The number of carbonyl (C=O) groups excluding carboxylic acids is 2. The quantitative estimate of drug-likeness (QED) is 0.396. The Hall–Kier alpha value is -2.93. The number of hydrogen-bond donors (Lipinski definition) is 1. The molecule has 192 valence electrons. The van der Waals surface area contributed by atoms with Crippen LogP contribution in [0.4, 0.5) is 4.79 Å². The van der Waals surface area contributed by atoms with E-state index in [1.54, 1.807) is 36.9 Å². The highest BCUT2D eigenvalue weighted by atomic mass is 16.4. The number of hydrogen-bond acceptors (Lipinski definition) is 4. The van der Waals surface area contributed by atoms with E-state index in [-0.39, 0.29) is 11.8 Å². The van der Waals surface area contributed by atoms with Crippen molar-refractivity contribution in [2.24, 2.45) is 11.8 Å². The van der Waals surface area contributed by atoms with Crippen LogP contribution in [-0.2, 0) is 0 Å². The first kappa shape index (κ1) is 24.8.